The molecule has 2 N–H and O–H groups in total. The summed E-state index contributed by atoms with van der Waals surface area (Å²) in [6, 6.07) is 14.4. The van der Waals surface area contributed by atoms with Crippen LogP contribution < -0.4 is 10.6 Å². The number of rotatable bonds is 6. The normalized spacial score (nSPS) is 17.8. The van der Waals surface area contributed by atoms with E-state index in [0.29, 0.717) is 12.4 Å². The first-order chi connectivity index (χ1) is 15.0. The minimum Gasteiger partial charge on any atom is -0.363 e. The van der Waals surface area contributed by atoms with E-state index in [1.54, 1.807) is 0 Å². The Bertz CT molecular complexity index is 1040. The van der Waals surface area contributed by atoms with Gasteiger partial charge in [0.1, 0.15) is 17.4 Å². The molecule has 31 heavy (non-hydrogen) atoms. The zero-order valence-electron chi connectivity index (χ0n) is 17.6. The van der Waals surface area contributed by atoms with Gasteiger partial charge in [-0.05, 0) is 36.5 Å². The standard InChI is InChI=1S/C24H26F2N4O/c1-3-16-8-10-18(11-9-16)20-12-21(22(25)26)30-23(29-20)19(14-28-30)24(31)27-13-17-6-4-15(2)5-7-17/h4-11,14,20-22,29H,3,12-13H2,1-2H3,(H,27,31)/t20-,21+/m1/s1. The fraction of sp³-hybridized carbons (Fsp3) is 0.333. The second-order valence-corrected chi connectivity index (χ2v) is 7.95. The van der Waals surface area contributed by atoms with Gasteiger partial charge >= 0.3 is 0 Å². The van der Waals surface area contributed by atoms with E-state index in [-0.39, 0.29) is 23.9 Å². The van der Waals surface area contributed by atoms with Gasteiger partial charge in [0.05, 0.1) is 12.2 Å². The molecule has 0 saturated carbocycles. The van der Waals surface area contributed by atoms with E-state index in [1.165, 1.54) is 16.4 Å². The third kappa shape index (κ3) is 4.45. The van der Waals surface area contributed by atoms with Crippen LogP contribution in [0, 0.1) is 6.92 Å². The Labute approximate surface area is 180 Å². The van der Waals surface area contributed by atoms with Crippen molar-refractivity contribution in [2.45, 2.75) is 51.7 Å². The first kappa shape index (κ1) is 21.0. The van der Waals surface area contributed by atoms with Crippen LogP contribution in [0.1, 0.15) is 58.0 Å². The monoisotopic (exact) mass is 424 g/mol. The largest absolute Gasteiger partial charge is 0.363 e. The molecule has 0 spiro atoms. The van der Waals surface area contributed by atoms with E-state index in [9.17, 15) is 13.6 Å². The molecule has 0 unspecified atom stereocenters. The van der Waals surface area contributed by atoms with Gasteiger partial charge in [0.15, 0.2) is 0 Å². The highest BCUT2D eigenvalue weighted by Gasteiger charge is 2.36. The molecular weight excluding hydrogens is 398 g/mol. The smallest absolute Gasteiger partial charge is 0.260 e. The van der Waals surface area contributed by atoms with Gasteiger partial charge in [0.25, 0.3) is 12.3 Å². The molecule has 3 aromatic rings. The van der Waals surface area contributed by atoms with Crippen LogP contribution in [0.4, 0.5) is 14.6 Å². The molecule has 2 aromatic carbocycles. The van der Waals surface area contributed by atoms with Crippen molar-refractivity contribution in [3.8, 4) is 0 Å². The van der Waals surface area contributed by atoms with E-state index < -0.39 is 12.5 Å². The van der Waals surface area contributed by atoms with Gasteiger partial charge in [-0.15, -0.1) is 0 Å². The number of anilines is 1. The van der Waals surface area contributed by atoms with Crippen LogP contribution in [-0.4, -0.2) is 22.1 Å². The van der Waals surface area contributed by atoms with E-state index in [2.05, 4.69) is 22.7 Å². The Balaban J connectivity index is 1.56. The van der Waals surface area contributed by atoms with Crippen molar-refractivity contribution in [2.75, 3.05) is 5.32 Å². The number of hydrogen-bond donors (Lipinski definition) is 2. The van der Waals surface area contributed by atoms with Gasteiger partial charge in [-0.3, -0.25) is 4.79 Å². The predicted octanol–water partition coefficient (Wildman–Crippen LogP) is 5.05. The van der Waals surface area contributed by atoms with Gasteiger partial charge in [-0.25, -0.2) is 13.5 Å². The maximum absolute atomic E-state index is 13.8. The number of nitrogens with zero attached hydrogens (tertiary/aromatic N) is 2. The van der Waals surface area contributed by atoms with Crippen molar-refractivity contribution in [1.82, 2.24) is 15.1 Å². The number of fused-ring (bicyclic) bond motifs is 1. The maximum atomic E-state index is 13.8. The average Bonchev–Trinajstić information content (AvgIpc) is 3.22. The Hall–Kier alpha value is -3.22. The fourth-order valence-corrected chi connectivity index (χ4v) is 3.89. The molecule has 5 nitrogen and oxygen atoms in total. The molecule has 0 saturated heterocycles. The quantitative estimate of drug-likeness (QED) is 0.582. The lowest BCUT2D eigenvalue weighted by Gasteiger charge is -2.32. The maximum Gasteiger partial charge on any atom is 0.260 e. The lowest BCUT2D eigenvalue weighted by atomic mass is 9.96. The molecule has 7 heteroatoms. The molecule has 0 bridgehead atoms. The Morgan fingerprint density at radius 1 is 1.16 bits per heavy atom. The molecule has 0 fully saturated rings. The Kier molecular flexibility index (Phi) is 6.02. The van der Waals surface area contributed by atoms with Gasteiger partial charge < -0.3 is 10.6 Å². The molecule has 4 rings (SSSR count). The summed E-state index contributed by atoms with van der Waals surface area (Å²) in [5, 5.41) is 10.3. The van der Waals surface area contributed by atoms with Crippen LogP contribution in [0.2, 0.25) is 0 Å². The molecule has 0 aliphatic carbocycles. The summed E-state index contributed by atoms with van der Waals surface area (Å²) in [6.45, 7) is 4.42. The first-order valence-electron chi connectivity index (χ1n) is 10.5. The second-order valence-electron chi connectivity index (χ2n) is 7.95. The molecule has 162 valence electrons. The van der Waals surface area contributed by atoms with Crippen LogP contribution in [0.5, 0.6) is 0 Å². The molecule has 1 amide bonds. The highest BCUT2D eigenvalue weighted by molar-refractivity contribution is 5.98. The highest BCUT2D eigenvalue weighted by Crippen LogP contribution is 2.39. The predicted molar refractivity (Wildman–Crippen MR) is 116 cm³/mol. The van der Waals surface area contributed by atoms with Crippen molar-refractivity contribution in [3.63, 3.8) is 0 Å². The van der Waals surface area contributed by atoms with Gasteiger partial charge in [0, 0.05) is 6.54 Å². The molecule has 2 heterocycles. The minimum atomic E-state index is -2.58. The summed E-state index contributed by atoms with van der Waals surface area (Å²) >= 11 is 0. The number of benzene rings is 2. The lowest BCUT2D eigenvalue weighted by Crippen LogP contribution is -2.32. The lowest BCUT2D eigenvalue weighted by molar-refractivity contribution is 0.0656. The Morgan fingerprint density at radius 2 is 1.84 bits per heavy atom. The van der Waals surface area contributed by atoms with Crippen LogP contribution in [0.25, 0.3) is 0 Å². The number of aromatic nitrogens is 2. The fourth-order valence-electron chi connectivity index (χ4n) is 3.89. The van der Waals surface area contributed by atoms with Crippen molar-refractivity contribution < 1.29 is 13.6 Å². The van der Waals surface area contributed by atoms with Gasteiger partial charge in [-0.1, -0.05) is 61.0 Å². The number of hydrogen-bond acceptors (Lipinski definition) is 3. The van der Waals surface area contributed by atoms with Crippen LogP contribution in [0.15, 0.2) is 54.7 Å². The summed E-state index contributed by atoms with van der Waals surface area (Å²) in [5.41, 5.74) is 4.48. The number of nitrogens with one attached hydrogen (secondary N) is 2. The summed E-state index contributed by atoms with van der Waals surface area (Å²) < 4.78 is 28.9. The van der Waals surface area contributed by atoms with E-state index in [0.717, 1.165) is 23.1 Å². The van der Waals surface area contributed by atoms with E-state index in [1.807, 2.05) is 55.5 Å². The van der Waals surface area contributed by atoms with Crippen LogP contribution in [0.3, 0.4) is 0 Å². The zero-order valence-corrected chi connectivity index (χ0v) is 17.6. The topological polar surface area (TPSA) is 59.0 Å². The number of carbonyl (C=O) groups excluding carboxylic acids is 1. The molecule has 1 aromatic heterocycles. The SMILES string of the molecule is CCc1ccc([C@H]2C[C@@H](C(F)F)n3ncc(C(=O)NCc4ccc(C)cc4)c3N2)cc1. The van der Waals surface area contributed by atoms with Crippen molar-refractivity contribution in [2.24, 2.45) is 0 Å². The molecule has 1 aliphatic heterocycles. The molecule has 1 aliphatic rings. The molecular formula is C24H26F2N4O. The van der Waals surface area contributed by atoms with Crippen molar-refractivity contribution >= 4 is 11.7 Å². The molecule has 2 atom stereocenters. The molecule has 0 radical (unpaired) electrons. The van der Waals surface area contributed by atoms with Gasteiger partial charge in [-0.2, -0.15) is 5.10 Å². The summed E-state index contributed by atoms with van der Waals surface area (Å²) in [4.78, 5) is 12.8. The van der Waals surface area contributed by atoms with Crippen molar-refractivity contribution in [1.29, 1.82) is 0 Å². The Morgan fingerprint density at radius 3 is 2.48 bits per heavy atom. The summed E-state index contributed by atoms with van der Waals surface area (Å²) in [5.74, 6) is -0.00755. The highest BCUT2D eigenvalue weighted by atomic mass is 19.3. The zero-order chi connectivity index (χ0) is 22.0. The third-order valence-electron chi connectivity index (χ3n) is 5.80. The van der Waals surface area contributed by atoms with Crippen LogP contribution in [-0.2, 0) is 13.0 Å². The number of aryl methyl sites for hydroxylation is 2. The number of amides is 1. The summed E-state index contributed by atoms with van der Waals surface area (Å²) in [6.07, 6.45) is -0.107. The number of alkyl halides is 2. The number of halogens is 2. The van der Waals surface area contributed by atoms with Gasteiger partial charge in [0.2, 0.25) is 0 Å². The second kappa shape index (κ2) is 8.88. The van der Waals surface area contributed by atoms with Crippen molar-refractivity contribution in [3.05, 3.63) is 82.5 Å². The van der Waals surface area contributed by atoms with Crippen LogP contribution >= 0.6 is 0 Å². The summed E-state index contributed by atoms with van der Waals surface area (Å²) in [7, 11) is 0. The van der Waals surface area contributed by atoms with E-state index in [4.69, 9.17) is 0 Å². The minimum absolute atomic E-state index is 0.197. The first-order valence-corrected chi connectivity index (χ1v) is 10.5. The average molecular weight is 424 g/mol. The third-order valence-corrected chi connectivity index (χ3v) is 5.80. The number of carbonyl (C=O) groups is 1. The van der Waals surface area contributed by atoms with E-state index >= 15 is 0 Å².